The third-order valence-corrected chi connectivity index (χ3v) is 4.58. The van der Waals surface area contributed by atoms with Crippen LogP contribution in [0.15, 0.2) is 24.5 Å². The number of amides is 1. The molecule has 1 aromatic rings. The minimum Gasteiger partial charge on any atom is -0.343 e. The Labute approximate surface area is 137 Å². The summed E-state index contributed by atoms with van der Waals surface area (Å²) in [7, 11) is 1.96. The van der Waals surface area contributed by atoms with E-state index in [0.29, 0.717) is 11.9 Å². The number of hydrogen-bond acceptors (Lipinski definition) is 5. The van der Waals surface area contributed by atoms with E-state index in [1.807, 2.05) is 11.9 Å². The lowest BCUT2D eigenvalue weighted by molar-refractivity contribution is 0.0705. The van der Waals surface area contributed by atoms with Gasteiger partial charge < -0.3 is 4.90 Å². The molecule has 1 fully saturated rings. The fourth-order valence-corrected chi connectivity index (χ4v) is 3.68. The van der Waals surface area contributed by atoms with Crippen molar-refractivity contribution >= 4 is 11.9 Å². The minimum atomic E-state index is -0.611. The molecule has 2 N–H and O–H groups in total. The number of aromatic nitrogens is 2. The van der Waals surface area contributed by atoms with Crippen molar-refractivity contribution in [2.24, 2.45) is 11.3 Å². The second-order valence-corrected chi connectivity index (χ2v) is 6.99. The second-order valence-electron chi connectivity index (χ2n) is 6.99. The molecule has 0 radical (unpaired) electrons. The van der Waals surface area contributed by atoms with Crippen molar-refractivity contribution in [1.29, 1.82) is 0 Å². The van der Waals surface area contributed by atoms with Crippen molar-refractivity contribution in [2.45, 2.75) is 39.5 Å². The lowest BCUT2D eigenvalue weighted by atomic mass is 9.68. The number of carbonyl (C=O) groups is 1. The van der Waals surface area contributed by atoms with Crippen molar-refractivity contribution in [2.75, 3.05) is 18.5 Å². The number of rotatable bonds is 5. The van der Waals surface area contributed by atoms with Crippen LogP contribution in [0.4, 0.5) is 5.95 Å². The molecule has 0 saturated heterocycles. The first-order valence-corrected chi connectivity index (χ1v) is 8.01. The molecular formula is C17H26N4O2. The summed E-state index contributed by atoms with van der Waals surface area (Å²) in [5.74, 6) is 0.664. The smallest absolute Gasteiger partial charge is 0.277 e. The summed E-state index contributed by atoms with van der Waals surface area (Å²) in [5.41, 5.74) is 3.30. The van der Waals surface area contributed by atoms with Gasteiger partial charge in [-0.15, -0.1) is 0 Å². The second kappa shape index (κ2) is 7.08. The van der Waals surface area contributed by atoms with Crippen molar-refractivity contribution < 1.29 is 10.0 Å². The Bertz CT molecular complexity index is 572. The van der Waals surface area contributed by atoms with Crippen LogP contribution in [0, 0.1) is 11.3 Å². The molecule has 2 atom stereocenters. The highest BCUT2D eigenvalue weighted by molar-refractivity contribution is 5.92. The van der Waals surface area contributed by atoms with E-state index >= 15 is 0 Å². The zero-order valence-corrected chi connectivity index (χ0v) is 14.2. The highest BCUT2D eigenvalue weighted by Gasteiger charge is 2.34. The predicted molar refractivity (Wildman–Crippen MR) is 89.4 cm³/mol. The Morgan fingerprint density at radius 1 is 1.52 bits per heavy atom. The van der Waals surface area contributed by atoms with Gasteiger partial charge in [-0.1, -0.05) is 32.4 Å². The number of nitrogens with one attached hydrogen (secondary N) is 1. The van der Waals surface area contributed by atoms with E-state index in [0.717, 1.165) is 19.4 Å². The molecule has 1 heterocycles. The first-order valence-electron chi connectivity index (χ1n) is 8.01. The van der Waals surface area contributed by atoms with E-state index in [9.17, 15) is 4.79 Å². The summed E-state index contributed by atoms with van der Waals surface area (Å²) in [6.07, 6.45) is 7.36. The van der Waals surface area contributed by atoms with Crippen LogP contribution in [0.5, 0.6) is 0 Å². The largest absolute Gasteiger partial charge is 0.343 e. The first kappa shape index (κ1) is 17.4. The molecule has 1 aromatic heterocycles. The fraction of sp³-hybridized carbons (Fsp3) is 0.588. The van der Waals surface area contributed by atoms with Gasteiger partial charge in [0, 0.05) is 26.0 Å². The molecule has 0 aliphatic heterocycles. The highest BCUT2D eigenvalue weighted by Crippen LogP contribution is 2.43. The van der Waals surface area contributed by atoms with Gasteiger partial charge in [-0.25, -0.2) is 15.4 Å². The maximum atomic E-state index is 11.3. The number of hydrogen-bond donors (Lipinski definition) is 2. The zero-order valence-electron chi connectivity index (χ0n) is 14.2. The first-order chi connectivity index (χ1) is 10.9. The standard InChI is InChI=1S/C17H26N4O2/c1-5-13-6-12(2)7-17(3,8-13)11-21(4)16-18-9-14(10-19-16)15(22)20-23/h9-10,13,23H,2,5-8,11H2,1,3-4H3,(H,20,22). The van der Waals surface area contributed by atoms with Gasteiger partial charge >= 0.3 is 0 Å². The molecule has 6 heteroatoms. The van der Waals surface area contributed by atoms with Crippen LogP contribution in [0.1, 0.15) is 49.9 Å². The molecule has 2 rings (SSSR count). The van der Waals surface area contributed by atoms with Crippen LogP contribution in [-0.2, 0) is 0 Å². The monoisotopic (exact) mass is 318 g/mol. The summed E-state index contributed by atoms with van der Waals surface area (Å²) in [6.45, 7) is 9.58. The van der Waals surface area contributed by atoms with Gasteiger partial charge in [-0.05, 0) is 30.6 Å². The van der Waals surface area contributed by atoms with Crippen LogP contribution in [0.3, 0.4) is 0 Å². The number of allylic oxidation sites excluding steroid dienone is 1. The lowest BCUT2D eigenvalue weighted by Crippen LogP contribution is -2.38. The normalized spacial score (nSPS) is 24.3. The molecule has 0 bridgehead atoms. The molecule has 23 heavy (non-hydrogen) atoms. The SMILES string of the molecule is C=C1CC(CC)CC(C)(CN(C)c2ncc(C(=O)NO)cn2)C1. The minimum absolute atomic E-state index is 0.162. The van der Waals surface area contributed by atoms with Gasteiger partial charge in [0.25, 0.3) is 5.91 Å². The van der Waals surface area contributed by atoms with Gasteiger partial charge in [-0.3, -0.25) is 10.0 Å². The van der Waals surface area contributed by atoms with Crippen molar-refractivity contribution in [3.63, 3.8) is 0 Å². The van der Waals surface area contributed by atoms with Crippen LogP contribution in [0.2, 0.25) is 0 Å². The quantitative estimate of drug-likeness (QED) is 0.496. The number of hydroxylamine groups is 1. The maximum absolute atomic E-state index is 11.3. The van der Waals surface area contributed by atoms with Crippen LogP contribution in [-0.4, -0.2) is 34.7 Å². The number of anilines is 1. The third-order valence-electron chi connectivity index (χ3n) is 4.58. The van der Waals surface area contributed by atoms with Gasteiger partial charge in [-0.2, -0.15) is 0 Å². The molecule has 126 valence electrons. The van der Waals surface area contributed by atoms with Crippen molar-refractivity contribution in [3.8, 4) is 0 Å². The maximum Gasteiger partial charge on any atom is 0.277 e. The molecule has 2 unspecified atom stereocenters. The van der Waals surface area contributed by atoms with Crippen LogP contribution < -0.4 is 10.4 Å². The Hall–Kier alpha value is -1.95. The molecule has 6 nitrogen and oxygen atoms in total. The molecule has 1 aliphatic carbocycles. The van der Waals surface area contributed by atoms with E-state index < -0.39 is 5.91 Å². The van der Waals surface area contributed by atoms with Gasteiger partial charge in [0.05, 0.1) is 5.56 Å². The third kappa shape index (κ3) is 4.28. The molecule has 1 amide bonds. The topological polar surface area (TPSA) is 78.4 Å². The van der Waals surface area contributed by atoms with Crippen LogP contribution >= 0.6 is 0 Å². The fourth-order valence-electron chi connectivity index (χ4n) is 3.68. The molecular weight excluding hydrogens is 292 g/mol. The van der Waals surface area contributed by atoms with E-state index in [2.05, 4.69) is 30.4 Å². The predicted octanol–water partition coefficient (Wildman–Crippen LogP) is 2.80. The molecule has 0 spiro atoms. The van der Waals surface area contributed by atoms with Gasteiger partial charge in [0.1, 0.15) is 0 Å². The summed E-state index contributed by atoms with van der Waals surface area (Å²) >= 11 is 0. The summed E-state index contributed by atoms with van der Waals surface area (Å²) < 4.78 is 0. The number of carbonyl (C=O) groups excluding carboxylic acids is 1. The van der Waals surface area contributed by atoms with E-state index in [1.54, 1.807) is 5.48 Å². The van der Waals surface area contributed by atoms with Gasteiger partial charge in [0.2, 0.25) is 5.95 Å². The van der Waals surface area contributed by atoms with Crippen LogP contribution in [0.25, 0.3) is 0 Å². The Morgan fingerprint density at radius 3 is 2.74 bits per heavy atom. The van der Waals surface area contributed by atoms with E-state index in [-0.39, 0.29) is 11.0 Å². The molecule has 0 aromatic carbocycles. The highest BCUT2D eigenvalue weighted by atomic mass is 16.5. The average Bonchev–Trinajstić information content (AvgIpc) is 2.52. The van der Waals surface area contributed by atoms with Gasteiger partial charge in [0.15, 0.2) is 0 Å². The molecule has 1 aliphatic rings. The summed E-state index contributed by atoms with van der Waals surface area (Å²) in [5, 5.41) is 8.62. The number of nitrogens with zero attached hydrogens (tertiary/aromatic N) is 3. The molecule has 1 saturated carbocycles. The van der Waals surface area contributed by atoms with E-state index in [1.165, 1.54) is 30.8 Å². The Balaban J connectivity index is 2.07. The Morgan fingerprint density at radius 2 is 2.17 bits per heavy atom. The summed E-state index contributed by atoms with van der Waals surface area (Å²) in [4.78, 5) is 21.8. The van der Waals surface area contributed by atoms with E-state index in [4.69, 9.17) is 5.21 Å². The lowest BCUT2D eigenvalue weighted by Gasteiger charge is -2.41. The zero-order chi connectivity index (χ0) is 17.0. The van der Waals surface area contributed by atoms with Crippen molar-refractivity contribution in [1.82, 2.24) is 15.4 Å². The average molecular weight is 318 g/mol. The Kier molecular flexibility index (Phi) is 5.36. The summed E-state index contributed by atoms with van der Waals surface area (Å²) in [6, 6.07) is 0. The van der Waals surface area contributed by atoms with Crippen molar-refractivity contribution in [3.05, 3.63) is 30.1 Å².